The molecule has 0 spiro atoms. The van der Waals surface area contributed by atoms with Gasteiger partial charge in [-0.25, -0.2) is 17.6 Å². The summed E-state index contributed by atoms with van der Waals surface area (Å²) in [6, 6.07) is 0. The third-order valence-corrected chi connectivity index (χ3v) is 0.910. The van der Waals surface area contributed by atoms with Crippen LogP contribution in [-0.2, 0) is 0 Å². The maximum absolute atomic E-state index is 11.8. The summed E-state index contributed by atoms with van der Waals surface area (Å²) in [5, 5.41) is 0. The predicted molar refractivity (Wildman–Crippen MR) is 25.9 cm³/mol. The van der Waals surface area contributed by atoms with Gasteiger partial charge in [0.05, 0.1) is 6.42 Å². The third-order valence-electron chi connectivity index (χ3n) is 0.910. The average Bonchev–Trinajstić information content (AvgIpc) is 1.87. The fourth-order valence-electron chi connectivity index (χ4n) is 0.394. The molecule has 0 saturated heterocycles. The Balaban J connectivity index is 3.83. The second-order valence-corrected chi connectivity index (χ2v) is 1.95. The van der Waals surface area contributed by atoms with Crippen molar-refractivity contribution in [1.29, 1.82) is 0 Å². The van der Waals surface area contributed by atoms with Crippen molar-refractivity contribution >= 4 is 0 Å². The fraction of sp³-hybridized carbons (Fsp3) is 0.800. The van der Waals surface area contributed by atoms with Gasteiger partial charge in [0.25, 0.3) is 5.92 Å². The highest BCUT2D eigenvalue weighted by Gasteiger charge is 2.37. The van der Waals surface area contributed by atoms with Gasteiger partial charge in [0.15, 0.2) is 12.8 Å². The van der Waals surface area contributed by atoms with Crippen LogP contribution in [0.25, 0.3) is 0 Å². The highest BCUT2D eigenvalue weighted by Crippen LogP contribution is 2.27. The second-order valence-electron chi connectivity index (χ2n) is 1.95. The summed E-state index contributed by atoms with van der Waals surface area (Å²) in [6.07, 6.45) is -7.59. The van der Waals surface area contributed by atoms with Crippen molar-refractivity contribution in [3.8, 4) is 0 Å². The molecule has 0 amide bonds. The maximum atomic E-state index is 11.8. The van der Waals surface area contributed by atoms with Gasteiger partial charge in [-0.05, 0) is 0 Å². The molecule has 0 N–H and O–H groups in total. The van der Waals surface area contributed by atoms with Crippen LogP contribution in [0, 0.1) is 6.43 Å². The molecule has 11 heavy (non-hydrogen) atoms. The molecule has 0 aliphatic heterocycles. The summed E-state index contributed by atoms with van der Waals surface area (Å²) >= 11 is 0. The molecule has 0 heterocycles. The Bertz CT molecular complexity index is 112. The fourth-order valence-corrected chi connectivity index (χ4v) is 0.394. The smallest absolute Gasteiger partial charge is 0.244 e. The first-order valence-electron chi connectivity index (χ1n) is 2.65. The van der Waals surface area contributed by atoms with E-state index in [0.717, 1.165) is 0 Å². The largest absolute Gasteiger partial charge is 0.343 e. The molecule has 1 radical (unpaired) electrons. The zero-order valence-corrected chi connectivity index (χ0v) is 5.26. The van der Waals surface area contributed by atoms with Crippen LogP contribution in [0.4, 0.5) is 26.3 Å². The van der Waals surface area contributed by atoms with E-state index in [-0.39, 0.29) is 0 Å². The zero-order valence-electron chi connectivity index (χ0n) is 5.26. The van der Waals surface area contributed by atoms with Gasteiger partial charge in [-0.2, -0.15) is 8.78 Å². The summed E-state index contributed by atoms with van der Waals surface area (Å²) in [4.78, 5) is 0. The van der Waals surface area contributed by atoms with Gasteiger partial charge in [0.1, 0.15) is 0 Å². The van der Waals surface area contributed by atoms with E-state index in [0.29, 0.717) is 0 Å². The molecule has 1 unspecified atom stereocenters. The van der Waals surface area contributed by atoms with Crippen LogP contribution >= 0.6 is 0 Å². The molecule has 0 nitrogen and oxygen atoms in total. The van der Waals surface area contributed by atoms with Crippen LogP contribution in [0.5, 0.6) is 0 Å². The van der Waals surface area contributed by atoms with Crippen molar-refractivity contribution in [3.05, 3.63) is 6.43 Å². The molecule has 0 aromatic carbocycles. The van der Waals surface area contributed by atoms with Crippen molar-refractivity contribution in [2.24, 2.45) is 0 Å². The molecular formula is C5H5F6. The zero-order chi connectivity index (χ0) is 9.07. The highest BCUT2D eigenvalue weighted by atomic mass is 19.3. The van der Waals surface area contributed by atoms with E-state index in [1.165, 1.54) is 0 Å². The van der Waals surface area contributed by atoms with Crippen LogP contribution < -0.4 is 0 Å². The number of rotatable bonds is 4. The lowest BCUT2D eigenvalue weighted by Gasteiger charge is -2.13. The van der Waals surface area contributed by atoms with Crippen LogP contribution in [-0.4, -0.2) is 18.8 Å². The molecule has 0 fully saturated rings. The third kappa shape index (κ3) is 4.10. The summed E-state index contributed by atoms with van der Waals surface area (Å²) in [5.74, 6) is -4.00. The first kappa shape index (κ1) is 10.6. The molecule has 0 rings (SSSR count). The van der Waals surface area contributed by atoms with Gasteiger partial charge in [0.2, 0.25) is 0 Å². The molecular weight excluding hydrogens is 174 g/mol. The Morgan fingerprint density at radius 3 is 2.00 bits per heavy atom. The molecule has 67 valence electrons. The first-order chi connectivity index (χ1) is 4.89. The quantitative estimate of drug-likeness (QED) is 0.582. The van der Waals surface area contributed by atoms with Gasteiger partial charge in [-0.15, -0.1) is 0 Å². The van der Waals surface area contributed by atoms with E-state index >= 15 is 0 Å². The summed E-state index contributed by atoms with van der Waals surface area (Å²) in [5.41, 5.74) is 0. The summed E-state index contributed by atoms with van der Waals surface area (Å²) in [6.45, 7) is -2.12. The van der Waals surface area contributed by atoms with E-state index in [1.54, 1.807) is 0 Å². The van der Waals surface area contributed by atoms with Crippen LogP contribution in [0.2, 0.25) is 0 Å². The monoisotopic (exact) mass is 179 g/mol. The number of hydrogen-bond donors (Lipinski definition) is 0. The van der Waals surface area contributed by atoms with Crippen LogP contribution in [0.15, 0.2) is 0 Å². The summed E-state index contributed by atoms with van der Waals surface area (Å²) in [7, 11) is 0. The molecule has 0 saturated carbocycles. The lowest BCUT2D eigenvalue weighted by atomic mass is 10.2. The molecule has 0 aromatic heterocycles. The van der Waals surface area contributed by atoms with E-state index in [1.807, 2.05) is 0 Å². The molecule has 0 aliphatic carbocycles. The number of halogens is 6. The van der Waals surface area contributed by atoms with Gasteiger partial charge in [-0.1, -0.05) is 0 Å². The summed E-state index contributed by atoms with van der Waals surface area (Å²) < 4.78 is 69.0. The van der Waals surface area contributed by atoms with Gasteiger partial charge in [0, 0.05) is 0 Å². The van der Waals surface area contributed by atoms with E-state index in [4.69, 9.17) is 0 Å². The molecule has 6 heteroatoms. The number of hydrogen-bond acceptors (Lipinski definition) is 0. The Hall–Kier alpha value is -0.420. The van der Waals surface area contributed by atoms with E-state index < -0.39 is 31.6 Å². The Kier molecular flexibility index (Phi) is 3.68. The standard InChI is InChI=1S/C5H5F6/c6-2-5(10,11)1-3(7)4(8)9/h3H,1-2H2. The maximum Gasteiger partial charge on any atom is 0.343 e. The van der Waals surface area contributed by atoms with Crippen molar-refractivity contribution in [3.63, 3.8) is 0 Å². The van der Waals surface area contributed by atoms with Crippen molar-refractivity contribution in [1.82, 2.24) is 0 Å². The van der Waals surface area contributed by atoms with Crippen molar-refractivity contribution in [2.45, 2.75) is 18.5 Å². The molecule has 0 aliphatic rings. The van der Waals surface area contributed by atoms with E-state index in [9.17, 15) is 26.3 Å². The van der Waals surface area contributed by atoms with Gasteiger partial charge >= 0.3 is 6.43 Å². The SMILES string of the molecule is FCC(F)(F)CC(F)[C](F)F. The van der Waals surface area contributed by atoms with Crippen LogP contribution in [0.1, 0.15) is 6.42 Å². The average molecular weight is 179 g/mol. The molecule has 0 aromatic rings. The second kappa shape index (κ2) is 3.82. The lowest BCUT2D eigenvalue weighted by Crippen LogP contribution is -2.25. The normalized spacial score (nSPS) is 15.5. The minimum atomic E-state index is -4.00. The molecule has 0 bridgehead atoms. The Morgan fingerprint density at radius 1 is 1.27 bits per heavy atom. The Labute approximate surface area is 59.2 Å². The van der Waals surface area contributed by atoms with Gasteiger partial charge in [-0.3, -0.25) is 0 Å². The Morgan fingerprint density at radius 2 is 1.73 bits per heavy atom. The topological polar surface area (TPSA) is 0 Å². The minimum Gasteiger partial charge on any atom is -0.244 e. The lowest BCUT2D eigenvalue weighted by molar-refractivity contribution is -0.0557. The van der Waals surface area contributed by atoms with E-state index in [2.05, 4.69) is 0 Å². The van der Waals surface area contributed by atoms with Gasteiger partial charge < -0.3 is 0 Å². The van der Waals surface area contributed by atoms with Crippen LogP contribution in [0.3, 0.4) is 0 Å². The molecule has 1 atom stereocenters. The number of alkyl halides is 4. The highest BCUT2D eigenvalue weighted by molar-refractivity contribution is 4.80. The first-order valence-corrected chi connectivity index (χ1v) is 2.65. The van der Waals surface area contributed by atoms with Crippen molar-refractivity contribution < 1.29 is 26.3 Å². The predicted octanol–water partition coefficient (Wildman–Crippen LogP) is 2.75. The minimum absolute atomic E-state index is 1.80. The van der Waals surface area contributed by atoms with Crippen molar-refractivity contribution in [2.75, 3.05) is 6.67 Å².